The van der Waals surface area contributed by atoms with Crippen LogP contribution >= 0.6 is 35.1 Å². The van der Waals surface area contributed by atoms with E-state index in [0.29, 0.717) is 17.1 Å². The molecule has 1 amide bonds. The maximum Gasteiger partial charge on any atom is 0.252 e. The average molecular weight is 465 g/mol. The first-order chi connectivity index (χ1) is 15.1. The first-order valence-electron chi connectivity index (χ1n) is 9.87. The Kier molecular flexibility index (Phi) is 7.17. The van der Waals surface area contributed by atoms with Gasteiger partial charge in [0.2, 0.25) is 0 Å². The van der Waals surface area contributed by atoms with Crippen molar-refractivity contribution in [2.75, 3.05) is 12.8 Å². The van der Waals surface area contributed by atoms with Gasteiger partial charge in [0.1, 0.15) is 5.03 Å². The molecule has 3 aromatic carbocycles. The van der Waals surface area contributed by atoms with Crippen molar-refractivity contribution >= 4 is 51.9 Å². The Labute approximate surface area is 195 Å². The lowest BCUT2D eigenvalue weighted by molar-refractivity contribution is 0.0955. The number of halogens is 1. The molecule has 4 rings (SSSR count). The molecule has 0 atom stereocenters. The molecule has 1 aromatic heterocycles. The van der Waals surface area contributed by atoms with E-state index in [0.717, 1.165) is 32.8 Å². The summed E-state index contributed by atoms with van der Waals surface area (Å²) >= 11 is 9.22. The minimum atomic E-state index is -0.0905. The average Bonchev–Trinajstić information content (AvgIpc) is 2.80. The Hall–Kier alpha value is -2.47. The van der Waals surface area contributed by atoms with Gasteiger partial charge in [0, 0.05) is 26.7 Å². The SMILES string of the molecule is CSc1cccc(Sc2cc(C(=O)NCCc3ccc(Cl)cc3)c3ccccc3n2)c1. The summed E-state index contributed by atoms with van der Waals surface area (Å²) < 4.78 is 0. The van der Waals surface area contributed by atoms with Crippen molar-refractivity contribution in [2.45, 2.75) is 21.2 Å². The molecule has 3 nitrogen and oxygen atoms in total. The molecule has 156 valence electrons. The highest BCUT2D eigenvalue weighted by molar-refractivity contribution is 7.99. The predicted octanol–water partition coefficient (Wildman–Crippen LogP) is 6.73. The number of carbonyl (C=O) groups excluding carboxylic acids is 1. The summed E-state index contributed by atoms with van der Waals surface area (Å²) in [6.45, 7) is 0.551. The fourth-order valence-electron chi connectivity index (χ4n) is 3.24. The molecule has 31 heavy (non-hydrogen) atoms. The molecule has 0 aliphatic heterocycles. The Bertz CT molecular complexity index is 1210. The van der Waals surface area contributed by atoms with Crippen molar-refractivity contribution < 1.29 is 4.79 Å². The second-order valence-corrected chi connectivity index (χ2v) is 9.35. The summed E-state index contributed by atoms with van der Waals surface area (Å²) in [6.07, 6.45) is 2.81. The molecule has 0 bridgehead atoms. The van der Waals surface area contributed by atoms with Crippen LogP contribution in [0.4, 0.5) is 0 Å². The van der Waals surface area contributed by atoms with E-state index >= 15 is 0 Å². The number of amides is 1. The van der Waals surface area contributed by atoms with Crippen LogP contribution < -0.4 is 5.32 Å². The molecule has 0 saturated carbocycles. The van der Waals surface area contributed by atoms with Crippen LogP contribution in [0.5, 0.6) is 0 Å². The molecule has 0 radical (unpaired) electrons. The van der Waals surface area contributed by atoms with Gasteiger partial charge in [-0.05, 0) is 60.7 Å². The molecule has 1 heterocycles. The number of thioether (sulfide) groups is 1. The van der Waals surface area contributed by atoms with Crippen molar-refractivity contribution in [3.8, 4) is 0 Å². The smallest absolute Gasteiger partial charge is 0.252 e. The molecule has 0 aliphatic rings. The van der Waals surface area contributed by atoms with Gasteiger partial charge < -0.3 is 5.32 Å². The molecule has 6 heteroatoms. The van der Waals surface area contributed by atoms with E-state index in [1.807, 2.05) is 60.7 Å². The summed E-state index contributed by atoms with van der Waals surface area (Å²) in [5.74, 6) is -0.0905. The van der Waals surface area contributed by atoms with Gasteiger partial charge in [-0.25, -0.2) is 4.98 Å². The van der Waals surface area contributed by atoms with Crippen molar-refractivity contribution in [3.05, 3.63) is 95.0 Å². The Morgan fingerprint density at radius 3 is 2.55 bits per heavy atom. The number of aromatic nitrogens is 1. The van der Waals surface area contributed by atoms with E-state index in [9.17, 15) is 4.79 Å². The van der Waals surface area contributed by atoms with Gasteiger partial charge in [0.25, 0.3) is 5.91 Å². The van der Waals surface area contributed by atoms with Gasteiger partial charge in [-0.3, -0.25) is 4.79 Å². The molecule has 1 N–H and O–H groups in total. The monoisotopic (exact) mass is 464 g/mol. The molecule has 0 fully saturated rings. The fourth-order valence-corrected chi connectivity index (χ4v) is 4.80. The summed E-state index contributed by atoms with van der Waals surface area (Å²) in [7, 11) is 0. The third-order valence-corrected chi connectivity index (χ3v) is 6.70. The van der Waals surface area contributed by atoms with E-state index in [-0.39, 0.29) is 5.91 Å². The number of fused-ring (bicyclic) bond motifs is 1. The minimum Gasteiger partial charge on any atom is -0.352 e. The van der Waals surface area contributed by atoms with E-state index in [1.165, 1.54) is 4.90 Å². The van der Waals surface area contributed by atoms with Gasteiger partial charge in [0.15, 0.2) is 0 Å². The molecule has 0 saturated heterocycles. The van der Waals surface area contributed by atoms with E-state index in [4.69, 9.17) is 16.6 Å². The highest BCUT2D eigenvalue weighted by Gasteiger charge is 2.13. The zero-order valence-corrected chi connectivity index (χ0v) is 19.4. The lowest BCUT2D eigenvalue weighted by atomic mass is 10.1. The second-order valence-electron chi connectivity index (χ2n) is 6.94. The number of nitrogens with one attached hydrogen (secondary N) is 1. The topological polar surface area (TPSA) is 42.0 Å². The number of benzene rings is 3. The molecular weight excluding hydrogens is 444 g/mol. The van der Waals surface area contributed by atoms with Crippen LogP contribution in [-0.2, 0) is 6.42 Å². The maximum absolute atomic E-state index is 13.0. The summed E-state index contributed by atoms with van der Waals surface area (Å²) in [5, 5.41) is 5.42. The van der Waals surface area contributed by atoms with Gasteiger partial charge in [-0.2, -0.15) is 0 Å². The molecule has 0 spiro atoms. The molecule has 0 aliphatic carbocycles. The summed E-state index contributed by atoms with van der Waals surface area (Å²) in [5.41, 5.74) is 2.59. The quantitative estimate of drug-likeness (QED) is 0.308. The highest BCUT2D eigenvalue weighted by atomic mass is 35.5. The van der Waals surface area contributed by atoms with Gasteiger partial charge in [-0.1, -0.05) is 59.8 Å². The molecular formula is C25H21ClN2OS2. The second kappa shape index (κ2) is 10.2. The Morgan fingerprint density at radius 1 is 0.968 bits per heavy atom. The summed E-state index contributed by atoms with van der Waals surface area (Å²) in [4.78, 5) is 20.1. The first-order valence-corrected chi connectivity index (χ1v) is 12.3. The molecule has 0 unspecified atom stereocenters. The van der Waals surface area contributed by atoms with Crippen LogP contribution in [-0.4, -0.2) is 23.7 Å². The number of carbonyl (C=O) groups is 1. The largest absolute Gasteiger partial charge is 0.352 e. The normalized spacial score (nSPS) is 10.9. The standard InChI is InChI=1S/C25H21ClN2OS2/c1-30-19-5-4-6-20(15-19)31-24-16-22(21-7-2-3-8-23(21)28-24)25(29)27-14-13-17-9-11-18(26)12-10-17/h2-12,15-16H,13-14H2,1H3,(H,27,29). The number of hydrogen-bond donors (Lipinski definition) is 1. The van der Waals surface area contributed by atoms with Crippen molar-refractivity contribution in [1.82, 2.24) is 10.3 Å². The predicted molar refractivity (Wildman–Crippen MR) is 132 cm³/mol. The zero-order chi connectivity index (χ0) is 21.6. The van der Waals surface area contributed by atoms with Crippen molar-refractivity contribution in [2.24, 2.45) is 0 Å². The number of pyridine rings is 1. The van der Waals surface area contributed by atoms with Crippen LogP contribution in [0.3, 0.4) is 0 Å². The highest BCUT2D eigenvalue weighted by Crippen LogP contribution is 2.31. The lowest BCUT2D eigenvalue weighted by Crippen LogP contribution is -2.26. The van der Waals surface area contributed by atoms with E-state index in [2.05, 4.69) is 29.8 Å². The van der Waals surface area contributed by atoms with Gasteiger partial charge in [-0.15, -0.1) is 11.8 Å². The number of hydrogen-bond acceptors (Lipinski definition) is 4. The first kappa shape index (κ1) is 21.8. The van der Waals surface area contributed by atoms with Gasteiger partial charge in [0.05, 0.1) is 11.1 Å². The minimum absolute atomic E-state index is 0.0905. The lowest BCUT2D eigenvalue weighted by Gasteiger charge is -2.11. The summed E-state index contributed by atoms with van der Waals surface area (Å²) in [6, 6.07) is 25.7. The Morgan fingerprint density at radius 2 is 1.74 bits per heavy atom. The maximum atomic E-state index is 13.0. The molecule has 4 aromatic rings. The van der Waals surface area contributed by atoms with Gasteiger partial charge >= 0.3 is 0 Å². The van der Waals surface area contributed by atoms with Crippen LogP contribution in [0, 0.1) is 0 Å². The Balaban J connectivity index is 1.55. The van der Waals surface area contributed by atoms with Crippen LogP contribution in [0.15, 0.2) is 93.7 Å². The third-order valence-electron chi connectivity index (χ3n) is 4.81. The van der Waals surface area contributed by atoms with Crippen LogP contribution in [0.1, 0.15) is 15.9 Å². The number of rotatable bonds is 7. The van der Waals surface area contributed by atoms with E-state index < -0.39 is 0 Å². The zero-order valence-electron chi connectivity index (χ0n) is 17.0. The van der Waals surface area contributed by atoms with Crippen LogP contribution in [0.25, 0.3) is 10.9 Å². The number of para-hydroxylation sites is 1. The fraction of sp³-hybridized carbons (Fsp3) is 0.120. The van der Waals surface area contributed by atoms with E-state index in [1.54, 1.807) is 23.5 Å². The van der Waals surface area contributed by atoms with Crippen molar-refractivity contribution in [3.63, 3.8) is 0 Å². The van der Waals surface area contributed by atoms with Crippen LogP contribution in [0.2, 0.25) is 5.02 Å². The number of nitrogens with zero attached hydrogens (tertiary/aromatic N) is 1. The van der Waals surface area contributed by atoms with Crippen molar-refractivity contribution in [1.29, 1.82) is 0 Å². The third kappa shape index (κ3) is 5.62.